The molecule has 174 valence electrons. The van der Waals surface area contributed by atoms with Crippen molar-refractivity contribution in [2.75, 3.05) is 6.54 Å². The molecular weight excluding hydrogens is 423 g/mol. The minimum absolute atomic E-state index is 0.179. The van der Waals surface area contributed by atoms with Crippen molar-refractivity contribution < 1.29 is 28.7 Å². The largest absolute Gasteiger partial charge is 0.491 e. The van der Waals surface area contributed by atoms with Gasteiger partial charge in [-0.15, -0.1) is 0 Å². The predicted octanol–water partition coefficient (Wildman–Crippen LogP) is 2.71. The zero-order valence-corrected chi connectivity index (χ0v) is 19.2. The number of rotatable bonds is 5. The van der Waals surface area contributed by atoms with Crippen molar-refractivity contribution in [1.29, 1.82) is 0 Å². The molecule has 2 N–H and O–H groups in total. The minimum Gasteiger partial charge on any atom is -0.457 e. The first-order valence-electron chi connectivity index (χ1n) is 11.2. The summed E-state index contributed by atoms with van der Waals surface area (Å²) >= 11 is 0. The summed E-state index contributed by atoms with van der Waals surface area (Å²) in [4.78, 5) is 26.6. The molecule has 0 aromatic heterocycles. The van der Waals surface area contributed by atoms with E-state index in [9.17, 15) is 14.6 Å². The lowest BCUT2D eigenvalue weighted by Crippen LogP contribution is -2.47. The third-order valence-corrected chi connectivity index (χ3v) is 5.59. The average molecular weight is 452 g/mol. The van der Waals surface area contributed by atoms with Crippen LogP contribution in [-0.2, 0) is 27.3 Å². The Kier molecular flexibility index (Phi) is 6.62. The molecule has 33 heavy (non-hydrogen) atoms. The zero-order chi connectivity index (χ0) is 23.6. The first kappa shape index (κ1) is 23.1. The van der Waals surface area contributed by atoms with E-state index in [4.69, 9.17) is 14.1 Å². The molecule has 0 radical (unpaired) electrons. The molecule has 2 aliphatic rings. The summed E-state index contributed by atoms with van der Waals surface area (Å²) in [6.07, 6.45) is 0.951. The molecule has 1 unspecified atom stereocenters. The summed E-state index contributed by atoms with van der Waals surface area (Å²) in [6, 6.07) is 12.4. The molecule has 2 heterocycles. The maximum Gasteiger partial charge on any atom is 0.491 e. The van der Waals surface area contributed by atoms with Gasteiger partial charge in [0.25, 0.3) is 0 Å². The molecule has 0 aliphatic carbocycles. The van der Waals surface area contributed by atoms with Crippen LogP contribution in [0, 0.1) is 0 Å². The van der Waals surface area contributed by atoms with Gasteiger partial charge in [-0.2, -0.15) is 0 Å². The number of carbonyl (C=O) groups is 2. The molecule has 0 saturated carbocycles. The highest BCUT2D eigenvalue weighted by Gasteiger charge is 2.36. The quantitative estimate of drug-likeness (QED) is 0.678. The highest BCUT2D eigenvalue weighted by molar-refractivity contribution is 6.61. The van der Waals surface area contributed by atoms with Crippen molar-refractivity contribution in [1.82, 2.24) is 10.2 Å². The van der Waals surface area contributed by atoms with Crippen LogP contribution in [-0.4, -0.2) is 47.2 Å². The topological polar surface area (TPSA) is 97.3 Å². The van der Waals surface area contributed by atoms with E-state index < -0.39 is 24.9 Å². The summed E-state index contributed by atoms with van der Waals surface area (Å²) < 4.78 is 16.5. The lowest BCUT2D eigenvalue weighted by atomic mass is 9.80. The van der Waals surface area contributed by atoms with E-state index in [1.54, 1.807) is 12.1 Å². The number of hydrogen-bond donors (Lipinski definition) is 2. The van der Waals surface area contributed by atoms with Gasteiger partial charge in [0.15, 0.2) is 0 Å². The van der Waals surface area contributed by atoms with E-state index in [2.05, 4.69) is 5.32 Å². The number of amides is 2. The van der Waals surface area contributed by atoms with Crippen molar-refractivity contribution in [2.45, 2.75) is 58.4 Å². The van der Waals surface area contributed by atoms with Gasteiger partial charge in [-0.05, 0) is 74.5 Å². The van der Waals surface area contributed by atoms with E-state index in [0.717, 1.165) is 23.0 Å². The van der Waals surface area contributed by atoms with Gasteiger partial charge in [0.05, 0.1) is 6.61 Å². The molecule has 2 aliphatic heterocycles. The highest BCUT2D eigenvalue weighted by Crippen LogP contribution is 2.25. The molecule has 2 aromatic carbocycles. The van der Waals surface area contributed by atoms with E-state index in [1.165, 1.54) is 4.90 Å². The van der Waals surface area contributed by atoms with Gasteiger partial charge in [-0.25, -0.2) is 4.79 Å². The lowest BCUT2D eigenvalue weighted by Gasteiger charge is -2.28. The van der Waals surface area contributed by atoms with Crippen LogP contribution in [0.25, 0.3) is 0 Å². The van der Waals surface area contributed by atoms with Crippen LogP contribution in [0.3, 0.4) is 0 Å². The first-order chi connectivity index (χ1) is 15.7. The van der Waals surface area contributed by atoms with E-state index in [0.29, 0.717) is 37.6 Å². The van der Waals surface area contributed by atoms with E-state index in [1.807, 2.05) is 51.1 Å². The van der Waals surface area contributed by atoms with Crippen molar-refractivity contribution in [2.24, 2.45) is 0 Å². The van der Waals surface area contributed by atoms with Crippen molar-refractivity contribution in [3.8, 4) is 11.5 Å². The average Bonchev–Trinajstić information content (AvgIpc) is 3.39. The van der Waals surface area contributed by atoms with Crippen LogP contribution in [0.4, 0.5) is 4.79 Å². The monoisotopic (exact) mass is 452 g/mol. The van der Waals surface area contributed by atoms with Gasteiger partial charge in [-0.1, -0.05) is 18.2 Å². The van der Waals surface area contributed by atoms with Crippen LogP contribution in [0.5, 0.6) is 11.5 Å². The summed E-state index contributed by atoms with van der Waals surface area (Å²) in [5.74, 6) is 1.15. The number of fused-ring (bicyclic) bond motifs is 1. The maximum absolute atomic E-state index is 12.7. The molecular formula is C24H29BN2O6. The molecule has 0 bridgehead atoms. The van der Waals surface area contributed by atoms with E-state index >= 15 is 0 Å². The van der Waals surface area contributed by atoms with Crippen LogP contribution >= 0.6 is 0 Å². The van der Waals surface area contributed by atoms with Crippen LogP contribution in [0.15, 0.2) is 42.5 Å². The minimum atomic E-state index is -0.871. The van der Waals surface area contributed by atoms with Gasteiger partial charge < -0.3 is 24.5 Å². The Balaban J connectivity index is 1.30. The lowest BCUT2D eigenvalue weighted by molar-refractivity contribution is -0.125. The number of benzene rings is 2. The van der Waals surface area contributed by atoms with Crippen LogP contribution < -0.4 is 15.5 Å². The second-order valence-electron chi connectivity index (χ2n) is 9.32. The molecule has 1 atom stereocenters. The summed E-state index contributed by atoms with van der Waals surface area (Å²) in [5.41, 5.74) is 2.00. The number of nitrogens with one attached hydrogen (secondary N) is 1. The number of ether oxygens (including phenoxy) is 2. The molecule has 8 nitrogen and oxygen atoms in total. The van der Waals surface area contributed by atoms with Crippen molar-refractivity contribution >= 4 is 24.6 Å². The van der Waals surface area contributed by atoms with Gasteiger partial charge in [0.2, 0.25) is 5.91 Å². The first-order valence-corrected chi connectivity index (χ1v) is 11.2. The Labute approximate surface area is 194 Å². The summed E-state index contributed by atoms with van der Waals surface area (Å²) in [6.45, 7) is 6.67. The predicted molar refractivity (Wildman–Crippen MR) is 123 cm³/mol. The van der Waals surface area contributed by atoms with Gasteiger partial charge >= 0.3 is 13.2 Å². The summed E-state index contributed by atoms with van der Waals surface area (Å²) in [7, 11) is -0.871. The molecule has 1 saturated heterocycles. The Morgan fingerprint density at radius 2 is 1.91 bits per heavy atom. The number of likely N-dealkylation sites (tertiary alicyclic amines) is 1. The third kappa shape index (κ3) is 5.67. The fourth-order valence-corrected chi connectivity index (χ4v) is 3.97. The second kappa shape index (κ2) is 9.45. The fraction of sp³-hybridized carbons (Fsp3) is 0.417. The highest BCUT2D eigenvalue weighted by atomic mass is 16.6. The Hall–Kier alpha value is -3.04. The number of carbonyl (C=O) groups excluding carboxylic acids is 2. The maximum atomic E-state index is 12.7. The molecule has 2 amide bonds. The number of hydrogen-bond acceptors (Lipinski definition) is 6. The van der Waals surface area contributed by atoms with E-state index in [-0.39, 0.29) is 5.91 Å². The molecule has 2 aromatic rings. The fourth-order valence-electron chi connectivity index (χ4n) is 3.97. The second-order valence-corrected chi connectivity index (χ2v) is 9.32. The third-order valence-electron chi connectivity index (χ3n) is 5.59. The van der Waals surface area contributed by atoms with Crippen molar-refractivity contribution in [3.05, 3.63) is 53.6 Å². The Morgan fingerprint density at radius 1 is 1.18 bits per heavy atom. The summed E-state index contributed by atoms with van der Waals surface area (Å²) in [5, 5.41) is 12.6. The standard InChI is InChI=1S/C24H29BN2O6/c1-24(2,3)33-23(29)27-12-4-5-21(27)22(28)26-14-16-6-8-18(9-7-16)32-19-10-11-20-17(13-19)15-31-25(20)30/h6-11,13,21,30H,4-5,12,14-15H2,1-3H3,(H,26,28). The molecule has 9 heteroatoms. The normalized spacial score (nSPS) is 17.6. The van der Waals surface area contributed by atoms with Gasteiger partial charge in [0, 0.05) is 13.1 Å². The molecule has 1 fully saturated rings. The molecule has 4 rings (SSSR count). The van der Waals surface area contributed by atoms with Gasteiger partial charge in [0.1, 0.15) is 23.1 Å². The van der Waals surface area contributed by atoms with Crippen LogP contribution in [0.1, 0.15) is 44.7 Å². The Bertz CT molecular complexity index is 1020. The number of nitrogens with zero attached hydrogens (tertiary/aromatic N) is 1. The van der Waals surface area contributed by atoms with Crippen LogP contribution in [0.2, 0.25) is 0 Å². The zero-order valence-electron chi connectivity index (χ0n) is 19.2. The van der Waals surface area contributed by atoms with Gasteiger partial charge in [-0.3, -0.25) is 9.69 Å². The Morgan fingerprint density at radius 3 is 2.64 bits per heavy atom. The SMILES string of the molecule is CC(C)(C)OC(=O)N1CCCC1C(=O)NCc1ccc(Oc2ccc3c(c2)COB3O)cc1. The molecule has 0 spiro atoms. The van der Waals surface area contributed by atoms with Crippen molar-refractivity contribution in [3.63, 3.8) is 0 Å². The smallest absolute Gasteiger partial charge is 0.457 e.